The van der Waals surface area contributed by atoms with E-state index in [1.54, 1.807) is 17.0 Å². The van der Waals surface area contributed by atoms with Crippen LogP contribution in [0.1, 0.15) is 37.7 Å². The standard InChI is InChI=1S/C26H32N4O4S/c1-20-11-13-23(14-12-20)35(33,34)29-18-17-28-26(32)24(29)19-25(31)30(21-7-3-2-4-8-21)22-9-5-15-27-16-6-10-22/h2-4,7-8,11-14,17-18,22,24,27H,5-6,9-10,15-16,19H2,1H3,(H,28,32)/t24-/m1/s1. The monoisotopic (exact) mass is 496 g/mol. The van der Waals surface area contributed by atoms with Crippen LogP contribution in [-0.2, 0) is 19.6 Å². The summed E-state index contributed by atoms with van der Waals surface area (Å²) in [5, 5.41) is 5.96. The third-order valence-corrected chi connectivity index (χ3v) is 8.27. The molecule has 2 aromatic carbocycles. The van der Waals surface area contributed by atoms with E-state index in [1.165, 1.54) is 24.5 Å². The lowest BCUT2D eigenvalue weighted by Gasteiger charge is -2.36. The molecule has 2 N–H and O–H groups in total. The predicted molar refractivity (Wildman–Crippen MR) is 135 cm³/mol. The van der Waals surface area contributed by atoms with Gasteiger partial charge in [0.05, 0.1) is 11.3 Å². The number of nitrogens with one attached hydrogen (secondary N) is 2. The third kappa shape index (κ3) is 5.74. The zero-order valence-corrected chi connectivity index (χ0v) is 20.7. The molecule has 8 nitrogen and oxygen atoms in total. The number of anilines is 1. The summed E-state index contributed by atoms with van der Waals surface area (Å²) in [5.74, 6) is -0.791. The molecule has 2 heterocycles. The first-order valence-electron chi connectivity index (χ1n) is 12.0. The molecular weight excluding hydrogens is 464 g/mol. The van der Waals surface area contributed by atoms with Crippen molar-refractivity contribution in [1.82, 2.24) is 14.9 Å². The van der Waals surface area contributed by atoms with E-state index >= 15 is 0 Å². The van der Waals surface area contributed by atoms with E-state index in [-0.39, 0.29) is 23.3 Å². The van der Waals surface area contributed by atoms with Crippen molar-refractivity contribution in [2.24, 2.45) is 0 Å². The minimum Gasteiger partial charge on any atom is -0.329 e. The van der Waals surface area contributed by atoms with Gasteiger partial charge in [0.25, 0.3) is 10.0 Å². The van der Waals surface area contributed by atoms with Gasteiger partial charge >= 0.3 is 0 Å². The number of carbonyl (C=O) groups is 2. The van der Waals surface area contributed by atoms with Crippen molar-refractivity contribution in [2.45, 2.75) is 56.0 Å². The molecular formula is C26H32N4O4S. The van der Waals surface area contributed by atoms with E-state index in [2.05, 4.69) is 10.6 Å². The molecule has 0 radical (unpaired) electrons. The highest BCUT2D eigenvalue weighted by Gasteiger charge is 2.39. The first kappa shape index (κ1) is 24.9. The van der Waals surface area contributed by atoms with Gasteiger partial charge in [-0.15, -0.1) is 0 Å². The Morgan fingerprint density at radius 1 is 1.03 bits per heavy atom. The summed E-state index contributed by atoms with van der Waals surface area (Å²) in [7, 11) is -4.03. The lowest BCUT2D eigenvalue weighted by atomic mass is 9.99. The second kappa shape index (κ2) is 11.0. The smallest absolute Gasteiger partial charge is 0.264 e. The second-order valence-electron chi connectivity index (χ2n) is 8.98. The fourth-order valence-electron chi connectivity index (χ4n) is 4.63. The van der Waals surface area contributed by atoms with Gasteiger partial charge in [0.2, 0.25) is 11.8 Å². The number of rotatable bonds is 6. The fraction of sp³-hybridized carbons (Fsp3) is 0.385. The summed E-state index contributed by atoms with van der Waals surface area (Å²) in [6.07, 6.45) is 5.88. The largest absolute Gasteiger partial charge is 0.329 e. The lowest BCUT2D eigenvalue weighted by molar-refractivity contribution is -0.128. The van der Waals surface area contributed by atoms with Crippen molar-refractivity contribution >= 4 is 27.5 Å². The Balaban J connectivity index is 1.63. The van der Waals surface area contributed by atoms with Crippen molar-refractivity contribution < 1.29 is 18.0 Å². The minimum absolute atomic E-state index is 0.0173. The molecule has 2 aromatic rings. The highest BCUT2D eigenvalue weighted by Crippen LogP contribution is 2.27. The van der Waals surface area contributed by atoms with E-state index in [0.717, 1.165) is 54.3 Å². The van der Waals surface area contributed by atoms with E-state index in [0.29, 0.717) is 0 Å². The average molecular weight is 497 g/mol. The van der Waals surface area contributed by atoms with Gasteiger partial charge in [0.1, 0.15) is 6.04 Å². The van der Waals surface area contributed by atoms with E-state index in [4.69, 9.17) is 0 Å². The number of para-hydroxylation sites is 1. The Morgan fingerprint density at radius 3 is 2.34 bits per heavy atom. The van der Waals surface area contributed by atoms with Crippen molar-refractivity contribution in [3.05, 3.63) is 72.6 Å². The highest BCUT2D eigenvalue weighted by molar-refractivity contribution is 7.89. The van der Waals surface area contributed by atoms with Gasteiger partial charge < -0.3 is 15.5 Å². The zero-order chi connectivity index (χ0) is 24.8. The highest BCUT2D eigenvalue weighted by atomic mass is 32.2. The van der Waals surface area contributed by atoms with Crippen LogP contribution in [0.4, 0.5) is 5.69 Å². The number of sulfonamides is 1. The first-order valence-corrected chi connectivity index (χ1v) is 13.5. The van der Waals surface area contributed by atoms with Crippen molar-refractivity contribution in [1.29, 1.82) is 0 Å². The molecule has 35 heavy (non-hydrogen) atoms. The van der Waals surface area contributed by atoms with E-state index < -0.39 is 22.0 Å². The summed E-state index contributed by atoms with van der Waals surface area (Å²) in [6, 6.07) is 14.7. The van der Waals surface area contributed by atoms with Crippen molar-refractivity contribution in [3.63, 3.8) is 0 Å². The quantitative estimate of drug-likeness (QED) is 0.641. The van der Waals surface area contributed by atoms with Crippen LogP contribution in [0.2, 0.25) is 0 Å². The van der Waals surface area contributed by atoms with Gasteiger partial charge in [-0.1, -0.05) is 35.9 Å². The van der Waals surface area contributed by atoms with Crippen LogP contribution >= 0.6 is 0 Å². The topological polar surface area (TPSA) is 98.8 Å². The average Bonchev–Trinajstić information content (AvgIpc) is 2.82. The Bertz CT molecular complexity index is 1160. The molecule has 1 saturated heterocycles. The Labute approximate surface area is 207 Å². The summed E-state index contributed by atoms with van der Waals surface area (Å²) < 4.78 is 27.9. The van der Waals surface area contributed by atoms with Crippen LogP contribution in [0.5, 0.6) is 0 Å². The number of carbonyl (C=O) groups excluding carboxylic acids is 2. The Kier molecular flexibility index (Phi) is 7.87. The van der Waals surface area contributed by atoms with Crippen LogP contribution in [0.3, 0.4) is 0 Å². The summed E-state index contributed by atoms with van der Waals surface area (Å²) >= 11 is 0. The van der Waals surface area contributed by atoms with E-state index in [1.807, 2.05) is 37.3 Å². The number of nitrogens with zero attached hydrogens (tertiary/aromatic N) is 2. The molecule has 0 spiro atoms. The number of hydrogen-bond donors (Lipinski definition) is 2. The van der Waals surface area contributed by atoms with Crippen LogP contribution in [-0.4, -0.2) is 49.7 Å². The molecule has 9 heteroatoms. The summed E-state index contributed by atoms with van der Waals surface area (Å²) in [5.41, 5.74) is 1.69. The second-order valence-corrected chi connectivity index (χ2v) is 10.8. The molecule has 0 saturated carbocycles. The van der Waals surface area contributed by atoms with E-state index in [9.17, 15) is 18.0 Å². The number of hydrogen-bond acceptors (Lipinski definition) is 5. The molecule has 0 unspecified atom stereocenters. The van der Waals surface area contributed by atoms with Crippen molar-refractivity contribution in [2.75, 3.05) is 18.0 Å². The fourth-order valence-corrected chi connectivity index (χ4v) is 6.08. The molecule has 0 aromatic heterocycles. The molecule has 0 bridgehead atoms. The SMILES string of the molecule is Cc1ccc(S(=O)(=O)N2C=CNC(=O)[C@H]2CC(=O)N(c2ccccc2)C2CCCNCCC2)cc1. The maximum atomic E-state index is 13.8. The molecule has 1 atom stereocenters. The van der Waals surface area contributed by atoms with Crippen LogP contribution < -0.4 is 15.5 Å². The van der Waals surface area contributed by atoms with Gasteiger partial charge in [-0.3, -0.25) is 13.9 Å². The molecule has 2 amide bonds. The minimum atomic E-state index is -4.03. The molecule has 186 valence electrons. The molecule has 2 aliphatic rings. The normalized spacial score (nSPS) is 19.5. The zero-order valence-electron chi connectivity index (χ0n) is 19.9. The summed E-state index contributed by atoms with van der Waals surface area (Å²) in [4.78, 5) is 28.5. The van der Waals surface area contributed by atoms with Crippen LogP contribution in [0, 0.1) is 6.92 Å². The Hall–Kier alpha value is -3.17. The van der Waals surface area contributed by atoms with Gasteiger partial charge in [-0.05, 0) is 70.0 Å². The van der Waals surface area contributed by atoms with Gasteiger partial charge in [0, 0.05) is 24.1 Å². The molecule has 0 aliphatic carbocycles. The van der Waals surface area contributed by atoms with Gasteiger partial charge in [-0.25, -0.2) is 8.42 Å². The maximum absolute atomic E-state index is 13.8. The third-order valence-electron chi connectivity index (χ3n) is 6.47. The molecule has 4 rings (SSSR count). The van der Waals surface area contributed by atoms with Crippen LogP contribution in [0.15, 0.2) is 71.9 Å². The van der Waals surface area contributed by atoms with Crippen LogP contribution in [0.25, 0.3) is 0 Å². The molecule has 1 fully saturated rings. The van der Waals surface area contributed by atoms with Crippen molar-refractivity contribution in [3.8, 4) is 0 Å². The Morgan fingerprint density at radius 2 is 1.69 bits per heavy atom. The maximum Gasteiger partial charge on any atom is 0.264 e. The number of benzene rings is 2. The van der Waals surface area contributed by atoms with Gasteiger partial charge in [0.15, 0.2) is 0 Å². The lowest BCUT2D eigenvalue weighted by Crippen LogP contribution is -2.52. The first-order chi connectivity index (χ1) is 16.9. The summed E-state index contributed by atoms with van der Waals surface area (Å²) in [6.45, 7) is 3.66. The number of aryl methyl sites for hydroxylation is 1. The molecule has 2 aliphatic heterocycles. The van der Waals surface area contributed by atoms with Gasteiger partial charge in [-0.2, -0.15) is 0 Å². The number of amides is 2. The predicted octanol–water partition coefficient (Wildman–Crippen LogP) is 2.91.